The van der Waals surface area contributed by atoms with E-state index < -0.39 is 22.9 Å². The Morgan fingerprint density at radius 3 is 2.45 bits per heavy atom. The molecule has 9 heteroatoms. The molecule has 0 radical (unpaired) electrons. The summed E-state index contributed by atoms with van der Waals surface area (Å²) < 4.78 is 24.3. The van der Waals surface area contributed by atoms with Crippen LogP contribution in [0.25, 0.3) is 22.4 Å². The fraction of sp³-hybridized carbons (Fsp3) is 0.286. The molecular formula is C35H35ClN2O4S2. The number of aromatic nitrogens is 1. The minimum Gasteiger partial charge on any atom is -0.458 e. The van der Waals surface area contributed by atoms with E-state index in [1.54, 1.807) is 12.1 Å². The Morgan fingerprint density at radius 1 is 1.05 bits per heavy atom. The van der Waals surface area contributed by atoms with Crippen LogP contribution in [0.4, 0.5) is 0 Å². The molecule has 0 aliphatic heterocycles. The van der Waals surface area contributed by atoms with Gasteiger partial charge in [0.15, 0.2) is 0 Å². The van der Waals surface area contributed by atoms with Gasteiger partial charge in [0.05, 0.1) is 36.0 Å². The lowest BCUT2D eigenvalue weighted by atomic mass is 9.99. The Morgan fingerprint density at radius 2 is 1.77 bits per heavy atom. The molecule has 0 aliphatic rings. The summed E-state index contributed by atoms with van der Waals surface area (Å²) in [5.41, 5.74) is 5.71. The number of ether oxygens (including phenoxy) is 2. The lowest BCUT2D eigenvalue weighted by Crippen LogP contribution is -2.30. The van der Waals surface area contributed by atoms with Gasteiger partial charge < -0.3 is 9.47 Å². The van der Waals surface area contributed by atoms with Gasteiger partial charge in [0, 0.05) is 32.7 Å². The summed E-state index contributed by atoms with van der Waals surface area (Å²) in [6, 6.07) is 29.2. The van der Waals surface area contributed by atoms with Gasteiger partial charge in [-0.15, -0.1) is 0 Å². The number of aryl methyl sites for hydroxylation is 1. The standard InChI is InChI=1S/C35H35ClN2O4S2/c1-3-4-18-44(40)24-30(22-41-21-26-12-16-29(36)17-13-26)42-34(39)23-43-35-32(20-37)31(27-8-6-5-7-9-27)19-33(38-35)28-14-10-25(2)11-15-28/h5-17,19,30H,3-4,18,21-24H2,1-2H3. The molecule has 0 bridgehead atoms. The molecule has 3 aromatic carbocycles. The highest BCUT2D eigenvalue weighted by molar-refractivity contribution is 8.00. The summed E-state index contributed by atoms with van der Waals surface area (Å²) in [6.07, 6.45) is 1.09. The fourth-order valence-electron chi connectivity index (χ4n) is 4.40. The summed E-state index contributed by atoms with van der Waals surface area (Å²) in [6.45, 7) is 4.49. The number of hydrogen-bond donors (Lipinski definition) is 0. The molecular weight excluding hydrogens is 612 g/mol. The van der Waals surface area contributed by atoms with Crippen LogP contribution >= 0.6 is 23.4 Å². The average Bonchev–Trinajstić information content (AvgIpc) is 3.04. The van der Waals surface area contributed by atoms with E-state index in [2.05, 4.69) is 6.07 Å². The van der Waals surface area contributed by atoms with E-state index in [0.29, 0.717) is 33.7 Å². The molecule has 0 N–H and O–H groups in total. The highest BCUT2D eigenvalue weighted by Gasteiger charge is 2.21. The molecule has 0 aliphatic carbocycles. The molecule has 44 heavy (non-hydrogen) atoms. The van der Waals surface area contributed by atoms with Crippen LogP contribution in [0, 0.1) is 18.3 Å². The molecule has 0 saturated heterocycles. The molecule has 1 heterocycles. The third-order valence-electron chi connectivity index (χ3n) is 6.74. The smallest absolute Gasteiger partial charge is 0.316 e. The molecule has 0 saturated carbocycles. The van der Waals surface area contributed by atoms with Crippen LogP contribution in [0.2, 0.25) is 5.02 Å². The monoisotopic (exact) mass is 646 g/mol. The third kappa shape index (κ3) is 10.0. The Labute approximate surface area is 271 Å². The topological polar surface area (TPSA) is 89.3 Å². The molecule has 6 nitrogen and oxygen atoms in total. The molecule has 0 spiro atoms. The van der Waals surface area contributed by atoms with Crippen molar-refractivity contribution in [2.75, 3.05) is 23.9 Å². The van der Waals surface area contributed by atoms with E-state index in [1.807, 2.05) is 86.6 Å². The predicted molar refractivity (Wildman–Crippen MR) is 179 cm³/mol. The number of esters is 1. The fourth-order valence-corrected chi connectivity index (χ4v) is 6.67. The maximum absolute atomic E-state index is 13.1. The van der Waals surface area contributed by atoms with Gasteiger partial charge in [0.25, 0.3) is 0 Å². The Hall–Kier alpha value is -3.48. The third-order valence-corrected chi connectivity index (χ3v) is 9.43. The zero-order valence-corrected chi connectivity index (χ0v) is 27.2. The van der Waals surface area contributed by atoms with Gasteiger partial charge in [-0.1, -0.05) is 109 Å². The number of thioether (sulfide) groups is 1. The number of carbonyl (C=O) groups excluding carboxylic acids is 1. The second-order valence-electron chi connectivity index (χ2n) is 10.3. The van der Waals surface area contributed by atoms with Gasteiger partial charge in [0.2, 0.25) is 0 Å². The predicted octanol–water partition coefficient (Wildman–Crippen LogP) is 8.02. The maximum Gasteiger partial charge on any atom is 0.316 e. The first kappa shape index (κ1) is 33.4. The summed E-state index contributed by atoms with van der Waals surface area (Å²) in [7, 11) is -1.15. The minimum atomic E-state index is -1.15. The largest absolute Gasteiger partial charge is 0.458 e. The van der Waals surface area contributed by atoms with Crippen molar-refractivity contribution in [3.8, 4) is 28.5 Å². The van der Waals surface area contributed by atoms with E-state index in [0.717, 1.165) is 52.4 Å². The number of hydrogen-bond acceptors (Lipinski definition) is 7. The SMILES string of the molecule is CCCCS(=O)CC(COCc1ccc(Cl)cc1)OC(=O)CSc1nc(-c2ccc(C)cc2)cc(-c2ccccc2)c1C#N. The lowest BCUT2D eigenvalue weighted by Gasteiger charge is -2.18. The maximum atomic E-state index is 13.1. The van der Waals surface area contributed by atoms with Crippen molar-refractivity contribution in [2.45, 2.75) is 44.4 Å². The quantitative estimate of drug-likeness (QED) is 0.0954. The highest BCUT2D eigenvalue weighted by Crippen LogP contribution is 2.34. The average molecular weight is 647 g/mol. The van der Waals surface area contributed by atoms with Crippen LogP contribution in [0.1, 0.15) is 36.5 Å². The van der Waals surface area contributed by atoms with Crippen molar-refractivity contribution in [3.05, 3.63) is 107 Å². The second-order valence-corrected chi connectivity index (χ2v) is 13.3. The van der Waals surface area contributed by atoms with E-state index in [1.165, 1.54) is 0 Å². The number of halogens is 1. The number of unbranched alkanes of at least 4 members (excludes halogenated alkanes) is 1. The summed E-state index contributed by atoms with van der Waals surface area (Å²) >= 11 is 7.13. The lowest BCUT2D eigenvalue weighted by molar-refractivity contribution is -0.147. The summed E-state index contributed by atoms with van der Waals surface area (Å²) in [5, 5.41) is 11.3. The zero-order chi connectivity index (χ0) is 31.3. The van der Waals surface area contributed by atoms with Crippen molar-refractivity contribution in [2.24, 2.45) is 0 Å². The molecule has 0 amide bonds. The first-order valence-electron chi connectivity index (χ1n) is 14.4. The van der Waals surface area contributed by atoms with Crippen molar-refractivity contribution >= 4 is 40.1 Å². The molecule has 2 atom stereocenters. The summed E-state index contributed by atoms with van der Waals surface area (Å²) in [4.78, 5) is 17.9. The number of rotatable bonds is 15. The molecule has 228 valence electrons. The van der Waals surface area contributed by atoms with Crippen molar-refractivity contribution < 1.29 is 18.5 Å². The van der Waals surface area contributed by atoms with Gasteiger partial charge >= 0.3 is 5.97 Å². The minimum absolute atomic E-state index is 0.0669. The van der Waals surface area contributed by atoms with E-state index in [9.17, 15) is 14.3 Å². The van der Waals surface area contributed by atoms with Gasteiger partial charge in [0.1, 0.15) is 17.2 Å². The van der Waals surface area contributed by atoms with Crippen LogP contribution < -0.4 is 0 Å². The molecule has 1 aromatic heterocycles. The second kappa shape index (κ2) is 17.1. The van der Waals surface area contributed by atoms with Crippen molar-refractivity contribution in [1.82, 2.24) is 4.98 Å². The van der Waals surface area contributed by atoms with E-state index in [-0.39, 0.29) is 18.1 Å². The number of nitrogens with zero attached hydrogens (tertiary/aromatic N) is 2. The van der Waals surface area contributed by atoms with Crippen LogP contribution in [0.15, 0.2) is 90.0 Å². The van der Waals surface area contributed by atoms with Gasteiger partial charge in [-0.05, 0) is 42.7 Å². The van der Waals surface area contributed by atoms with Crippen molar-refractivity contribution in [3.63, 3.8) is 0 Å². The van der Waals surface area contributed by atoms with Gasteiger partial charge in [-0.25, -0.2) is 4.98 Å². The number of nitriles is 1. The summed E-state index contributed by atoms with van der Waals surface area (Å²) in [5.74, 6) is 0.178. The Kier molecular flexibility index (Phi) is 13.0. The Bertz CT molecular complexity index is 1590. The molecule has 2 unspecified atom stereocenters. The molecule has 0 fully saturated rings. The molecule has 4 rings (SSSR count). The van der Waals surface area contributed by atoms with Crippen LogP contribution in [-0.4, -0.2) is 45.1 Å². The van der Waals surface area contributed by atoms with Gasteiger partial charge in [-0.2, -0.15) is 5.26 Å². The van der Waals surface area contributed by atoms with E-state index >= 15 is 0 Å². The van der Waals surface area contributed by atoms with Crippen molar-refractivity contribution in [1.29, 1.82) is 5.26 Å². The van der Waals surface area contributed by atoms with Crippen LogP contribution in [0.3, 0.4) is 0 Å². The van der Waals surface area contributed by atoms with Gasteiger partial charge in [-0.3, -0.25) is 9.00 Å². The zero-order valence-electron chi connectivity index (χ0n) is 24.8. The van der Waals surface area contributed by atoms with Crippen LogP contribution in [-0.2, 0) is 31.7 Å². The first-order chi connectivity index (χ1) is 21.4. The normalized spacial score (nSPS) is 12.3. The van der Waals surface area contributed by atoms with Crippen LogP contribution in [0.5, 0.6) is 0 Å². The van der Waals surface area contributed by atoms with E-state index in [4.69, 9.17) is 26.1 Å². The Balaban J connectivity index is 1.50. The number of pyridine rings is 1. The highest BCUT2D eigenvalue weighted by atomic mass is 35.5. The number of carbonyl (C=O) groups is 1. The molecule has 4 aromatic rings. The number of benzene rings is 3. The first-order valence-corrected chi connectivity index (χ1v) is 17.3.